The molecule has 0 bridgehead atoms. The fourth-order valence-corrected chi connectivity index (χ4v) is 3.89. The number of nitrogens with zero attached hydrogens (tertiary/aromatic N) is 4. The lowest BCUT2D eigenvalue weighted by atomic mass is 10.2. The average molecular weight is 395 g/mol. The monoisotopic (exact) mass is 395 g/mol. The number of carbonyl (C=O) groups is 1. The average Bonchev–Trinajstić information content (AvgIpc) is 3.26. The van der Waals surface area contributed by atoms with Crippen molar-refractivity contribution in [2.24, 2.45) is 0 Å². The minimum absolute atomic E-state index is 0.0247. The Morgan fingerprint density at radius 2 is 2.19 bits per heavy atom. The van der Waals surface area contributed by atoms with Crippen LogP contribution >= 0.6 is 23.1 Å². The number of imidazole rings is 1. The van der Waals surface area contributed by atoms with Gasteiger partial charge < -0.3 is 10.1 Å². The molecular formula is C18H13N5O2S2. The summed E-state index contributed by atoms with van der Waals surface area (Å²) >= 11 is 2.67. The van der Waals surface area contributed by atoms with Gasteiger partial charge in [0.25, 0.3) is 0 Å². The number of amides is 1. The van der Waals surface area contributed by atoms with Crippen molar-refractivity contribution in [3.05, 3.63) is 47.1 Å². The molecule has 0 unspecified atom stereocenters. The molecule has 1 amide bonds. The summed E-state index contributed by atoms with van der Waals surface area (Å²) in [6.45, 7) is 0. The molecule has 0 aliphatic carbocycles. The number of methoxy groups -OCH3 is 1. The highest BCUT2D eigenvalue weighted by molar-refractivity contribution is 8.00. The van der Waals surface area contributed by atoms with Crippen LogP contribution in [0.2, 0.25) is 0 Å². The number of carbonyl (C=O) groups excluding carboxylic acids is 1. The molecule has 2 heterocycles. The number of fused-ring (bicyclic) bond motifs is 1. The van der Waals surface area contributed by atoms with E-state index >= 15 is 0 Å². The number of nitriles is 2. The fourth-order valence-electron chi connectivity index (χ4n) is 2.32. The molecule has 0 saturated heterocycles. The molecule has 27 heavy (non-hydrogen) atoms. The summed E-state index contributed by atoms with van der Waals surface area (Å²) in [6.07, 6.45) is 3.29. The van der Waals surface area contributed by atoms with Crippen molar-refractivity contribution in [3.8, 4) is 17.9 Å². The summed E-state index contributed by atoms with van der Waals surface area (Å²) in [5.74, 6) is 0.490. The van der Waals surface area contributed by atoms with E-state index in [0.29, 0.717) is 22.2 Å². The quantitative estimate of drug-likeness (QED) is 0.505. The van der Waals surface area contributed by atoms with E-state index < -0.39 is 0 Å². The molecule has 0 spiro atoms. The molecular weight excluding hydrogens is 382 g/mol. The third-order valence-electron chi connectivity index (χ3n) is 3.51. The zero-order chi connectivity index (χ0) is 19.2. The van der Waals surface area contributed by atoms with Crippen molar-refractivity contribution in [2.45, 2.75) is 5.03 Å². The lowest BCUT2D eigenvalue weighted by molar-refractivity contribution is -0.113. The number of allylic oxidation sites excluding steroid dienone is 1. The first-order valence-corrected chi connectivity index (χ1v) is 9.56. The van der Waals surface area contributed by atoms with Gasteiger partial charge in [-0.25, -0.2) is 4.98 Å². The van der Waals surface area contributed by atoms with Crippen LogP contribution in [0.1, 0.15) is 5.69 Å². The number of aromatic nitrogens is 2. The minimum Gasteiger partial charge on any atom is -0.495 e. The normalized spacial score (nSPS) is 10.0. The predicted molar refractivity (Wildman–Crippen MR) is 105 cm³/mol. The summed E-state index contributed by atoms with van der Waals surface area (Å²) in [7, 11) is 1.54. The number of hydrogen-bond acceptors (Lipinski definition) is 7. The van der Waals surface area contributed by atoms with Crippen molar-refractivity contribution in [2.75, 3.05) is 18.2 Å². The van der Waals surface area contributed by atoms with E-state index in [2.05, 4.69) is 10.3 Å². The number of benzene rings is 1. The topological polar surface area (TPSA) is 103 Å². The second-order valence-corrected chi connectivity index (χ2v) is 7.01. The summed E-state index contributed by atoms with van der Waals surface area (Å²) in [5, 5.41) is 23.3. The van der Waals surface area contributed by atoms with Crippen molar-refractivity contribution >= 4 is 45.7 Å². The number of thiazole rings is 1. The molecule has 1 N–H and O–H groups in total. The first-order valence-electron chi connectivity index (χ1n) is 7.69. The van der Waals surface area contributed by atoms with Crippen molar-refractivity contribution in [3.63, 3.8) is 0 Å². The second-order valence-electron chi connectivity index (χ2n) is 5.18. The Hall–Kier alpha value is -3.27. The molecule has 0 fully saturated rings. The van der Waals surface area contributed by atoms with Crippen molar-refractivity contribution < 1.29 is 9.53 Å². The van der Waals surface area contributed by atoms with Gasteiger partial charge in [0.2, 0.25) is 5.91 Å². The highest BCUT2D eigenvalue weighted by Crippen LogP contribution is 2.28. The van der Waals surface area contributed by atoms with Gasteiger partial charge in [0.15, 0.2) is 4.96 Å². The van der Waals surface area contributed by atoms with Gasteiger partial charge in [-0.2, -0.15) is 10.5 Å². The fraction of sp³-hybridized carbons (Fsp3) is 0.111. The van der Waals surface area contributed by atoms with Crippen LogP contribution in [0.15, 0.2) is 46.4 Å². The lowest BCUT2D eigenvalue weighted by Gasteiger charge is -2.09. The maximum atomic E-state index is 12.3. The predicted octanol–water partition coefficient (Wildman–Crippen LogP) is 3.57. The van der Waals surface area contributed by atoms with Crippen LogP contribution in [0.25, 0.3) is 11.0 Å². The Morgan fingerprint density at radius 1 is 1.41 bits per heavy atom. The number of ether oxygens (including phenoxy) is 1. The number of para-hydroxylation sites is 2. The molecule has 3 aromatic rings. The molecule has 1 aromatic carbocycles. The molecule has 134 valence electrons. The zero-order valence-corrected chi connectivity index (χ0v) is 15.8. The third-order valence-corrected chi connectivity index (χ3v) is 5.25. The number of rotatable bonds is 6. The van der Waals surface area contributed by atoms with E-state index in [9.17, 15) is 4.79 Å². The molecule has 0 aliphatic rings. The largest absolute Gasteiger partial charge is 0.495 e. The van der Waals surface area contributed by atoms with Gasteiger partial charge in [-0.1, -0.05) is 23.9 Å². The van der Waals surface area contributed by atoms with E-state index in [-0.39, 0.29) is 17.2 Å². The maximum absolute atomic E-state index is 12.3. The summed E-state index contributed by atoms with van der Waals surface area (Å²) in [4.78, 5) is 17.5. The van der Waals surface area contributed by atoms with Gasteiger partial charge in [0.05, 0.1) is 24.2 Å². The Kier molecular flexibility index (Phi) is 5.77. The Bertz CT molecular complexity index is 1090. The van der Waals surface area contributed by atoms with Crippen molar-refractivity contribution in [1.82, 2.24) is 9.38 Å². The Morgan fingerprint density at radius 3 is 2.93 bits per heavy atom. The van der Waals surface area contributed by atoms with Gasteiger partial charge in [-0.15, -0.1) is 11.3 Å². The SMILES string of the molecule is COc1ccccc1NC(=O)CSc1nc2sccn2c1C=C(C#N)C#N. The van der Waals surface area contributed by atoms with Crippen LogP contribution in [-0.4, -0.2) is 28.2 Å². The van der Waals surface area contributed by atoms with Gasteiger partial charge in [0.1, 0.15) is 28.5 Å². The first kappa shape index (κ1) is 18.5. The number of nitrogens with one attached hydrogen (secondary N) is 1. The molecule has 0 radical (unpaired) electrons. The zero-order valence-electron chi connectivity index (χ0n) is 14.2. The third kappa shape index (κ3) is 4.11. The standard InChI is InChI=1S/C18H13N5O2S2/c1-25-15-5-3-2-4-13(15)21-16(24)11-27-17-14(8-12(9-19)10-20)23-6-7-26-18(23)22-17/h2-8H,11H2,1H3,(H,21,24). The molecule has 7 nitrogen and oxygen atoms in total. The number of thioether (sulfide) groups is 1. The molecule has 0 aliphatic heterocycles. The molecule has 9 heteroatoms. The van der Waals surface area contributed by atoms with Gasteiger partial charge >= 0.3 is 0 Å². The van der Waals surface area contributed by atoms with Gasteiger partial charge in [-0.3, -0.25) is 9.20 Å². The maximum Gasteiger partial charge on any atom is 0.234 e. The smallest absolute Gasteiger partial charge is 0.234 e. The molecule has 2 aromatic heterocycles. The first-order chi connectivity index (χ1) is 13.2. The summed E-state index contributed by atoms with van der Waals surface area (Å²) < 4.78 is 7.01. The van der Waals surface area contributed by atoms with Crippen LogP contribution < -0.4 is 10.1 Å². The second kappa shape index (κ2) is 8.41. The molecule has 0 saturated carbocycles. The highest BCUT2D eigenvalue weighted by atomic mass is 32.2. The van der Waals surface area contributed by atoms with Crippen LogP contribution in [0.3, 0.4) is 0 Å². The Labute approximate surface area is 163 Å². The van der Waals surface area contributed by atoms with Crippen LogP contribution in [0, 0.1) is 22.7 Å². The van der Waals surface area contributed by atoms with Crippen molar-refractivity contribution in [1.29, 1.82) is 10.5 Å². The summed E-state index contributed by atoms with van der Waals surface area (Å²) in [5.41, 5.74) is 1.18. The molecule has 3 rings (SSSR count). The van der Waals surface area contributed by atoms with E-state index in [4.69, 9.17) is 15.3 Å². The van der Waals surface area contributed by atoms with Gasteiger partial charge in [-0.05, 0) is 18.2 Å². The van der Waals surface area contributed by atoms with Crippen LogP contribution in [0.4, 0.5) is 5.69 Å². The number of hydrogen-bond donors (Lipinski definition) is 1. The summed E-state index contributed by atoms with van der Waals surface area (Å²) in [6, 6.07) is 10.8. The van der Waals surface area contributed by atoms with E-state index in [1.54, 1.807) is 16.5 Å². The van der Waals surface area contributed by atoms with Crippen LogP contribution in [0.5, 0.6) is 5.75 Å². The number of anilines is 1. The van der Waals surface area contributed by atoms with Crippen LogP contribution in [-0.2, 0) is 4.79 Å². The van der Waals surface area contributed by atoms with E-state index in [1.807, 2.05) is 35.8 Å². The van der Waals surface area contributed by atoms with E-state index in [0.717, 1.165) is 4.96 Å². The lowest BCUT2D eigenvalue weighted by Crippen LogP contribution is -2.14. The van der Waals surface area contributed by atoms with Gasteiger partial charge in [0, 0.05) is 11.6 Å². The highest BCUT2D eigenvalue weighted by Gasteiger charge is 2.15. The van der Waals surface area contributed by atoms with E-state index in [1.165, 1.54) is 36.3 Å². The molecule has 0 atom stereocenters. The Balaban J connectivity index is 1.78. The minimum atomic E-state index is -0.212.